The summed E-state index contributed by atoms with van der Waals surface area (Å²) in [6.45, 7) is 11.2. The van der Waals surface area contributed by atoms with Crippen molar-refractivity contribution in [1.29, 1.82) is 0 Å². The Labute approximate surface area is 75.3 Å². The Kier molecular flexibility index (Phi) is 5.77. The van der Waals surface area contributed by atoms with Gasteiger partial charge in [0.2, 0.25) is 0 Å². The van der Waals surface area contributed by atoms with Gasteiger partial charge in [0, 0.05) is 18.8 Å². The van der Waals surface area contributed by atoms with Gasteiger partial charge in [-0.3, -0.25) is 0 Å². The summed E-state index contributed by atoms with van der Waals surface area (Å²) in [7, 11) is 0. The first-order valence-electron chi connectivity index (χ1n) is 4.74. The van der Waals surface area contributed by atoms with Crippen molar-refractivity contribution in [2.75, 3.05) is 13.1 Å². The van der Waals surface area contributed by atoms with Gasteiger partial charge in [-0.1, -0.05) is 20.4 Å². The van der Waals surface area contributed by atoms with Crippen LogP contribution in [0.5, 0.6) is 0 Å². The van der Waals surface area contributed by atoms with E-state index in [0.717, 1.165) is 25.1 Å². The molecule has 0 aromatic rings. The molecule has 0 spiro atoms. The Morgan fingerprint density at radius 3 is 2.42 bits per heavy atom. The normalized spacial score (nSPS) is 22.7. The fourth-order valence-electron chi connectivity index (χ4n) is 1.27. The average molecular weight is 173 g/mol. The lowest BCUT2D eigenvalue weighted by Crippen LogP contribution is -2.34. The molecule has 1 nitrogen and oxygen atoms in total. The van der Waals surface area contributed by atoms with E-state index < -0.39 is 6.17 Å². The topological polar surface area (TPSA) is 3.24 Å². The second kappa shape index (κ2) is 6.04. The molecule has 0 aliphatic carbocycles. The summed E-state index contributed by atoms with van der Waals surface area (Å²) in [5.74, 6) is 0. The fourth-order valence-corrected chi connectivity index (χ4v) is 1.27. The van der Waals surface area contributed by atoms with E-state index in [1.54, 1.807) is 0 Å². The number of hydrogen-bond acceptors (Lipinski definition) is 1. The zero-order chi connectivity index (χ0) is 9.56. The molecule has 0 saturated carbocycles. The number of allylic oxidation sites excluding steroid dienone is 1. The van der Waals surface area contributed by atoms with Crippen molar-refractivity contribution in [2.45, 2.75) is 39.8 Å². The van der Waals surface area contributed by atoms with Gasteiger partial charge in [-0.2, -0.15) is 0 Å². The van der Waals surface area contributed by atoms with Crippen molar-refractivity contribution >= 4 is 0 Å². The van der Waals surface area contributed by atoms with E-state index in [-0.39, 0.29) is 0 Å². The molecule has 0 amide bonds. The molecule has 12 heavy (non-hydrogen) atoms. The summed E-state index contributed by atoms with van der Waals surface area (Å²) in [5.41, 5.74) is 0.988. The maximum Gasteiger partial charge on any atom is 0.118 e. The molecule has 0 radical (unpaired) electrons. The van der Waals surface area contributed by atoms with E-state index in [2.05, 4.69) is 6.58 Å². The standard InChI is InChI=1S/C8H14FN.C2H6/c1-7(2)10-5-3-4-8(9)6-10;1-2/h8H,1,3-6H2,2H3;1-2H3. The second-order valence-electron chi connectivity index (χ2n) is 2.92. The number of rotatable bonds is 1. The van der Waals surface area contributed by atoms with E-state index in [1.165, 1.54) is 0 Å². The molecule has 0 bridgehead atoms. The van der Waals surface area contributed by atoms with Crippen molar-refractivity contribution < 1.29 is 4.39 Å². The van der Waals surface area contributed by atoms with Gasteiger partial charge in [-0.15, -0.1) is 0 Å². The molecule has 0 aromatic carbocycles. The smallest absolute Gasteiger partial charge is 0.118 e. The van der Waals surface area contributed by atoms with Crippen molar-refractivity contribution in [3.05, 3.63) is 12.3 Å². The van der Waals surface area contributed by atoms with E-state index in [0.29, 0.717) is 6.54 Å². The van der Waals surface area contributed by atoms with E-state index in [4.69, 9.17) is 0 Å². The van der Waals surface area contributed by atoms with Gasteiger partial charge in [-0.05, 0) is 19.8 Å². The zero-order valence-corrected chi connectivity index (χ0v) is 8.44. The molecule has 0 N–H and O–H groups in total. The van der Waals surface area contributed by atoms with E-state index in [1.807, 2.05) is 25.7 Å². The Bertz CT molecular complexity index is 134. The number of piperidine rings is 1. The number of halogens is 1. The predicted molar refractivity (Wildman–Crippen MR) is 51.9 cm³/mol. The van der Waals surface area contributed by atoms with Gasteiger partial charge in [0.15, 0.2) is 0 Å². The highest BCUT2D eigenvalue weighted by Crippen LogP contribution is 2.15. The largest absolute Gasteiger partial charge is 0.373 e. The van der Waals surface area contributed by atoms with Crippen molar-refractivity contribution in [3.8, 4) is 0 Å². The lowest BCUT2D eigenvalue weighted by atomic mass is 10.1. The van der Waals surface area contributed by atoms with Gasteiger partial charge in [0.05, 0.1) is 0 Å². The van der Waals surface area contributed by atoms with Crippen LogP contribution in [0.25, 0.3) is 0 Å². The highest BCUT2D eigenvalue weighted by Gasteiger charge is 2.17. The third kappa shape index (κ3) is 3.74. The molecule has 1 atom stereocenters. The quantitative estimate of drug-likeness (QED) is 0.589. The Morgan fingerprint density at radius 1 is 1.50 bits per heavy atom. The third-order valence-electron chi connectivity index (χ3n) is 1.90. The summed E-state index contributed by atoms with van der Waals surface area (Å²) in [4.78, 5) is 2.01. The SMILES string of the molecule is C=C(C)N1CCCC(F)C1.CC. The van der Waals surface area contributed by atoms with Crippen molar-refractivity contribution in [3.63, 3.8) is 0 Å². The molecule has 2 heteroatoms. The molecule has 72 valence electrons. The van der Waals surface area contributed by atoms with Gasteiger partial charge in [-0.25, -0.2) is 4.39 Å². The highest BCUT2D eigenvalue weighted by atomic mass is 19.1. The fraction of sp³-hybridized carbons (Fsp3) is 0.800. The summed E-state index contributed by atoms with van der Waals surface area (Å²) in [5, 5.41) is 0. The third-order valence-corrected chi connectivity index (χ3v) is 1.90. The molecule has 1 aliphatic heterocycles. The minimum absolute atomic E-state index is 0.551. The summed E-state index contributed by atoms with van der Waals surface area (Å²) in [6, 6.07) is 0. The van der Waals surface area contributed by atoms with Crippen LogP contribution in [0.1, 0.15) is 33.6 Å². The van der Waals surface area contributed by atoms with E-state index >= 15 is 0 Å². The molecular formula is C10H20FN. The minimum Gasteiger partial charge on any atom is -0.373 e. The Morgan fingerprint density at radius 2 is 2.08 bits per heavy atom. The molecule has 1 heterocycles. The van der Waals surface area contributed by atoms with Crippen LogP contribution in [0.2, 0.25) is 0 Å². The summed E-state index contributed by atoms with van der Waals surface area (Å²) < 4.78 is 12.7. The highest BCUT2D eigenvalue weighted by molar-refractivity contribution is 4.91. The zero-order valence-electron chi connectivity index (χ0n) is 8.44. The van der Waals surface area contributed by atoms with Crippen LogP contribution in [0, 0.1) is 0 Å². The first-order valence-corrected chi connectivity index (χ1v) is 4.74. The number of likely N-dealkylation sites (tertiary alicyclic amines) is 1. The van der Waals surface area contributed by atoms with Crippen LogP contribution in [0.15, 0.2) is 12.3 Å². The summed E-state index contributed by atoms with van der Waals surface area (Å²) >= 11 is 0. The maximum absolute atomic E-state index is 12.7. The molecule has 1 saturated heterocycles. The van der Waals surface area contributed by atoms with Gasteiger partial charge in [0.25, 0.3) is 0 Å². The Balaban J connectivity index is 0.000000561. The molecule has 1 unspecified atom stereocenters. The van der Waals surface area contributed by atoms with Crippen LogP contribution >= 0.6 is 0 Å². The molecule has 1 fully saturated rings. The lowest BCUT2D eigenvalue weighted by Gasteiger charge is -2.30. The number of hydrogen-bond donors (Lipinski definition) is 0. The van der Waals surface area contributed by atoms with Crippen LogP contribution in [0.3, 0.4) is 0 Å². The summed E-state index contributed by atoms with van der Waals surface area (Å²) in [6.07, 6.45) is 1.06. The van der Waals surface area contributed by atoms with Gasteiger partial charge >= 0.3 is 0 Å². The molecule has 1 rings (SSSR count). The first-order chi connectivity index (χ1) is 5.70. The maximum atomic E-state index is 12.7. The van der Waals surface area contributed by atoms with Gasteiger partial charge in [0.1, 0.15) is 6.17 Å². The average Bonchev–Trinajstić information content (AvgIpc) is 2.08. The van der Waals surface area contributed by atoms with Crippen molar-refractivity contribution in [2.24, 2.45) is 0 Å². The number of alkyl halides is 1. The monoisotopic (exact) mass is 173 g/mol. The van der Waals surface area contributed by atoms with Crippen LogP contribution in [-0.4, -0.2) is 24.2 Å². The predicted octanol–water partition coefficient (Wildman–Crippen LogP) is 2.98. The second-order valence-corrected chi connectivity index (χ2v) is 2.92. The van der Waals surface area contributed by atoms with Crippen LogP contribution < -0.4 is 0 Å². The van der Waals surface area contributed by atoms with Crippen molar-refractivity contribution in [1.82, 2.24) is 4.90 Å². The van der Waals surface area contributed by atoms with Crippen LogP contribution in [-0.2, 0) is 0 Å². The molecule has 1 aliphatic rings. The Hall–Kier alpha value is -0.530. The van der Waals surface area contributed by atoms with Gasteiger partial charge < -0.3 is 4.90 Å². The molecular weight excluding hydrogens is 153 g/mol. The molecule has 0 aromatic heterocycles. The first kappa shape index (κ1) is 11.5. The van der Waals surface area contributed by atoms with E-state index in [9.17, 15) is 4.39 Å². The number of nitrogens with zero attached hydrogens (tertiary/aromatic N) is 1. The lowest BCUT2D eigenvalue weighted by molar-refractivity contribution is 0.169. The van der Waals surface area contributed by atoms with Crippen LogP contribution in [0.4, 0.5) is 4.39 Å². The minimum atomic E-state index is -0.634.